The zero-order chi connectivity index (χ0) is 10.7. The fraction of sp³-hybridized carbons (Fsp3) is 0.111. The molecule has 0 unspecified atom stereocenters. The number of ketones is 1. The van der Waals surface area contributed by atoms with Crippen molar-refractivity contribution in [3.05, 3.63) is 46.4 Å². The highest BCUT2D eigenvalue weighted by Gasteiger charge is 2.17. The number of carbonyl (C=O) groups excluding carboxylic acids is 1. The number of carbonyl (C=O) groups is 1. The van der Waals surface area contributed by atoms with E-state index < -0.39 is 17.3 Å². The van der Waals surface area contributed by atoms with Crippen LogP contribution in [0.15, 0.2) is 18.2 Å². The van der Waals surface area contributed by atoms with Gasteiger partial charge in [0.25, 0.3) is 6.54 Å². The Morgan fingerprint density at radius 3 is 2.79 bits per heavy atom. The van der Waals surface area contributed by atoms with E-state index in [2.05, 4.69) is 6.92 Å². The van der Waals surface area contributed by atoms with Crippen molar-refractivity contribution in [3.63, 3.8) is 0 Å². The second-order valence-corrected chi connectivity index (χ2v) is 2.73. The van der Waals surface area contributed by atoms with E-state index in [0.29, 0.717) is 0 Å². The molecule has 0 fully saturated rings. The van der Waals surface area contributed by atoms with Gasteiger partial charge in [0.05, 0.1) is 5.56 Å². The molecule has 0 atom stereocenters. The highest BCUT2D eigenvalue weighted by molar-refractivity contribution is 5.99. The van der Waals surface area contributed by atoms with Crippen LogP contribution in [0.5, 0.6) is 5.75 Å². The molecule has 0 bridgehead atoms. The van der Waals surface area contributed by atoms with Gasteiger partial charge in [-0.3, -0.25) is 14.9 Å². The van der Waals surface area contributed by atoms with Crippen LogP contribution in [0, 0.1) is 17.0 Å². The molecule has 0 aliphatic heterocycles. The van der Waals surface area contributed by atoms with Gasteiger partial charge in [-0.05, 0) is 18.6 Å². The van der Waals surface area contributed by atoms with Crippen LogP contribution in [-0.2, 0) is 0 Å². The highest BCUT2D eigenvalue weighted by Crippen LogP contribution is 2.21. The summed E-state index contributed by atoms with van der Waals surface area (Å²) in [5.74, 6) is -1.02. The van der Waals surface area contributed by atoms with E-state index in [0.717, 1.165) is 0 Å². The van der Waals surface area contributed by atoms with Crippen LogP contribution in [-0.4, -0.2) is 22.4 Å². The van der Waals surface area contributed by atoms with Gasteiger partial charge in [-0.2, -0.15) is 0 Å². The number of aromatic hydroxyl groups is 1. The Morgan fingerprint density at radius 2 is 2.21 bits per heavy atom. The first kappa shape index (κ1) is 10.2. The summed E-state index contributed by atoms with van der Waals surface area (Å²) >= 11 is 0. The number of benzene rings is 1. The van der Waals surface area contributed by atoms with E-state index >= 15 is 0 Å². The summed E-state index contributed by atoms with van der Waals surface area (Å²) in [5, 5.41) is 19.4. The minimum absolute atomic E-state index is 0.0609. The van der Waals surface area contributed by atoms with Crippen LogP contribution >= 0.6 is 0 Å². The molecule has 1 radical (unpaired) electrons. The van der Waals surface area contributed by atoms with Gasteiger partial charge < -0.3 is 5.11 Å². The molecule has 0 saturated heterocycles. The first-order valence-corrected chi connectivity index (χ1v) is 3.81. The van der Waals surface area contributed by atoms with Gasteiger partial charge in [-0.1, -0.05) is 12.1 Å². The summed E-state index contributed by atoms with van der Waals surface area (Å²) in [6.07, 6.45) is 0. The predicted octanol–water partition coefficient (Wildman–Crippen LogP) is 1.03. The lowest BCUT2D eigenvalue weighted by Gasteiger charge is -2.02. The summed E-state index contributed by atoms with van der Waals surface area (Å²) in [5.41, 5.74) is 0.216. The maximum Gasteiger partial charge on any atom is 0.265 e. The van der Waals surface area contributed by atoms with Gasteiger partial charge in [0.15, 0.2) is 0 Å². The van der Waals surface area contributed by atoms with Crippen molar-refractivity contribution in [3.8, 4) is 5.75 Å². The van der Waals surface area contributed by atoms with Gasteiger partial charge in [-0.25, -0.2) is 0 Å². The third-order valence-corrected chi connectivity index (χ3v) is 1.69. The SMILES string of the molecule is [CH2]c1cccc(C(=O)C[N+](=O)[O-])c1O. The van der Waals surface area contributed by atoms with E-state index in [9.17, 15) is 20.0 Å². The van der Waals surface area contributed by atoms with Crippen LogP contribution in [0.25, 0.3) is 0 Å². The fourth-order valence-electron chi connectivity index (χ4n) is 1.02. The van der Waals surface area contributed by atoms with Gasteiger partial charge in [0.2, 0.25) is 5.78 Å². The third-order valence-electron chi connectivity index (χ3n) is 1.69. The Hall–Kier alpha value is -1.91. The number of Topliss-reactive ketones (excluding diaryl/α,β-unsaturated/α-hetero) is 1. The van der Waals surface area contributed by atoms with Gasteiger partial charge in [0.1, 0.15) is 5.75 Å². The molecule has 1 rings (SSSR count). The maximum atomic E-state index is 11.2. The van der Waals surface area contributed by atoms with Crippen molar-refractivity contribution < 1.29 is 14.8 Å². The molecule has 1 N–H and O–H groups in total. The van der Waals surface area contributed by atoms with E-state index in [-0.39, 0.29) is 16.9 Å². The molecule has 5 heteroatoms. The number of hydrogen-bond donors (Lipinski definition) is 1. The zero-order valence-electron chi connectivity index (χ0n) is 7.27. The van der Waals surface area contributed by atoms with Crippen LogP contribution in [0.2, 0.25) is 0 Å². The Bertz CT molecular complexity index is 386. The molecule has 1 aromatic rings. The van der Waals surface area contributed by atoms with E-state index in [1.165, 1.54) is 18.2 Å². The molecule has 0 aromatic heterocycles. The summed E-state index contributed by atoms with van der Waals surface area (Å²) < 4.78 is 0. The lowest BCUT2D eigenvalue weighted by Crippen LogP contribution is -2.13. The van der Waals surface area contributed by atoms with Crippen molar-refractivity contribution in [1.29, 1.82) is 0 Å². The van der Waals surface area contributed by atoms with Crippen LogP contribution in [0.4, 0.5) is 0 Å². The molecule has 0 aliphatic rings. The Kier molecular flexibility index (Phi) is 2.81. The standard InChI is InChI=1S/C9H8NO4/c1-6-3-2-4-7(9(6)12)8(11)5-10(13)14/h2-4,12H,1,5H2. The number of nitro groups is 1. The molecule has 0 heterocycles. The number of para-hydroxylation sites is 1. The molecule has 0 aliphatic carbocycles. The molecular formula is C9H8NO4. The Balaban J connectivity index is 3.01. The lowest BCUT2D eigenvalue weighted by atomic mass is 10.1. The van der Waals surface area contributed by atoms with Gasteiger partial charge >= 0.3 is 0 Å². The smallest absolute Gasteiger partial charge is 0.265 e. The predicted molar refractivity (Wildman–Crippen MR) is 48.8 cm³/mol. The molecule has 73 valence electrons. The fourth-order valence-corrected chi connectivity index (χ4v) is 1.02. The zero-order valence-corrected chi connectivity index (χ0v) is 7.27. The molecule has 0 spiro atoms. The molecular weight excluding hydrogens is 186 g/mol. The number of hydrogen-bond acceptors (Lipinski definition) is 4. The first-order valence-electron chi connectivity index (χ1n) is 3.81. The number of nitrogens with zero attached hydrogens (tertiary/aromatic N) is 1. The summed E-state index contributed by atoms with van der Waals surface area (Å²) in [6.45, 7) is 2.65. The van der Waals surface area contributed by atoms with Crippen molar-refractivity contribution >= 4 is 5.78 Å². The second-order valence-electron chi connectivity index (χ2n) is 2.73. The van der Waals surface area contributed by atoms with Crippen LogP contribution < -0.4 is 0 Å². The molecule has 0 saturated carbocycles. The monoisotopic (exact) mass is 194 g/mol. The average molecular weight is 194 g/mol. The third kappa shape index (κ3) is 2.07. The second kappa shape index (κ2) is 3.87. The molecule has 1 aromatic carbocycles. The van der Waals surface area contributed by atoms with E-state index in [1.807, 2.05) is 0 Å². The van der Waals surface area contributed by atoms with Crippen molar-refractivity contribution in [2.45, 2.75) is 0 Å². The largest absolute Gasteiger partial charge is 0.507 e. The summed E-state index contributed by atoms with van der Waals surface area (Å²) in [4.78, 5) is 20.5. The highest BCUT2D eigenvalue weighted by atomic mass is 16.6. The van der Waals surface area contributed by atoms with Crippen molar-refractivity contribution in [2.24, 2.45) is 0 Å². The minimum atomic E-state index is -0.822. The summed E-state index contributed by atoms with van der Waals surface area (Å²) in [7, 11) is 0. The normalized spacial score (nSPS) is 9.79. The van der Waals surface area contributed by atoms with Gasteiger partial charge in [0, 0.05) is 4.92 Å². The molecule has 5 nitrogen and oxygen atoms in total. The Labute approximate surface area is 80.1 Å². The van der Waals surface area contributed by atoms with Gasteiger partial charge in [-0.15, -0.1) is 0 Å². The van der Waals surface area contributed by atoms with E-state index in [1.54, 1.807) is 0 Å². The van der Waals surface area contributed by atoms with Crippen molar-refractivity contribution in [1.82, 2.24) is 0 Å². The summed E-state index contributed by atoms with van der Waals surface area (Å²) in [6, 6.07) is 4.35. The molecule has 0 amide bonds. The van der Waals surface area contributed by atoms with Crippen molar-refractivity contribution in [2.75, 3.05) is 6.54 Å². The topological polar surface area (TPSA) is 80.4 Å². The minimum Gasteiger partial charge on any atom is -0.507 e. The number of rotatable bonds is 3. The number of phenolic OH excluding ortho intramolecular Hbond substituents is 1. The average Bonchev–Trinajstić information content (AvgIpc) is 2.08. The lowest BCUT2D eigenvalue weighted by molar-refractivity contribution is -0.465. The quantitative estimate of drug-likeness (QED) is 0.442. The van der Waals surface area contributed by atoms with Crippen LogP contribution in [0.3, 0.4) is 0 Å². The van der Waals surface area contributed by atoms with Crippen LogP contribution in [0.1, 0.15) is 15.9 Å². The van der Waals surface area contributed by atoms with E-state index in [4.69, 9.17) is 0 Å². The first-order chi connectivity index (χ1) is 6.52. The number of phenols is 1. The Morgan fingerprint density at radius 1 is 1.57 bits per heavy atom. The maximum absolute atomic E-state index is 11.2. The molecule has 14 heavy (non-hydrogen) atoms.